The Balaban J connectivity index is 2.71. The third-order valence-electron chi connectivity index (χ3n) is 2.84. The van der Waals surface area contributed by atoms with Crippen LogP contribution in [-0.4, -0.2) is 22.9 Å². The molecule has 0 aromatic heterocycles. The predicted molar refractivity (Wildman–Crippen MR) is 94.8 cm³/mol. The summed E-state index contributed by atoms with van der Waals surface area (Å²) in [5, 5.41) is 13.2. The summed E-state index contributed by atoms with van der Waals surface area (Å²) in [4.78, 5) is 0. The van der Waals surface area contributed by atoms with Crippen LogP contribution in [0.2, 0.25) is 0 Å². The Morgan fingerprint density at radius 3 is 2.05 bits per heavy atom. The van der Waals surface area contributed by atoms with Crippen LogP contribution in [0.1, 0.15) is 46.6 Å². The Kier molecular flexibility index (Phi) is 6.72. The van der Waals surface area contributed by atoms with Gasteiger partial charge >= 0.3 is 0 Å². The Hall–Kier alpha value is -0.100. The summed E-state index contributed by atoms with van der Waals surface area (Å²) in [6, 6.07) is 4.12. The van der Waals surface area contributed by atoms with Gasteiger partial charge in [0.1, 0.15) is 5.75 Å². The van der Waals surface area contributed by atoms with Crippen molar-refractivity contribution in [2.24, 2.45) is 0 Å². The number of nitrogens with one attached hydrogen (secondary N) is 1. The highest BCUT2D eigenvalue weighted by Gasteiger charge is 2.15. The molecular weight excluding hydrogens is 398 g/mol. The fraction of sp³-hybridized carbons (Fsp3) is 0.625. The van der Waals surface area contributed by atoms with Crippen molar-refractivity contribution in [3.8, 4) is 5.75 Å². The number of hydrogen-bond acceptors (Lipinski definition) is 3. The summed E-state index contributed by atoms with van der Waals surface area (Å²) in [7, 11) is 0. The molecular formula is C16H25Br2NO2. The van der Waals surface area contributed by atoms with Crippen LogP contribution in [0.5, 0.6) is 5.75 Å². The molecule has 0 unspecified atom stereocenters. The third kappa shape index (κ3) is 7.63. The third-order valence-corrected chi connectivity index (χ3v) is 4.02. The zero-order chi connectivity index (χ0) is 16.3. The van der Waals surface area contributed by atoms with Gasteiger partial charge in [-0.25, -0.2) is 0 Å². The van der Waals surface area contributed by atoms with E-state index in [-0.39, 0.29) is 5.54 Å². The van der Waals surface area contributed by atoms with Gasteiger partial charge in [-0.3, -0.25) is 0 Å². The van der Waals surface area contributed by atoms with Gasteiger partial charge in [-0.2, -0.15) is 0 Å². The first-order valence-corrected chi connectivity index (χ1v) is 8.65. The maximum Gasteiger partial charge on any atom is 0.147 e. The first kappa shape index (κ1) is 18.9. The standard InChI is InChI=1S/C16H25Br2NO2/c1-15(2,3)19-10-11-8-12(17)14(13(18)9-11)21-7-6-16(4,5)20/h8-9,19-20H,6-7,10H2,1-5H3. The minimum absolute atomic E-state index is 0.0842. The summed E-state index contributed by atoms with van der Waals surface area (Å²) in [6.07, 6.45) is 0.583. The van der Waals surface area contributed by atoms with Gasteiger partial charge in [0.15, 0.2) is 0 Å². The monoisotopic (exact) mass is 421 g/mol. The molecule has 0 atom stereocenters. The molecule has 0 aliphatic heterocycles. The van der Waals surface area contributed by atoms with E-state index >= 15 is 0 Å². The predicted octanol–water partition coefficient (Wildman–Crippen LogP) is 4.64. The summed E-state index contributed by atoms with van der Waals surface area (Å²) >= 11 is 7.11. The van der Waals surface area contributed by atoms with Crippen molar-refractivity contribution >= 4 is 31.9 Å². The van der Waals surface area contributed by atoms with Gasteiger partial charge < -0.3 is 15.2 Å². The number of benzene rings is 1. The first-order chi connectivity index (χ1) is 9.48. The van der Waals surface area contributed by atoms with Gasteiger partial charge in [-0.1, -0.05) is 0 Å². The fourth-order valence-corrected chi connectivity index (χ4v) is 3.13. The Morgan fingerprint density at radius 2 is 1.62 bits per heavy atom. The van der Waals surface area contributed by atoms with Gasteiger partial charge in [0.2, 0.25) is 0 Å². The van der Waals surface area contributed by atoms with Gasteiger partial charge in [0, 0.05) is 18.5 Å². The topological polar surface area (TPSA) is 41.5 Å². The molecule has 0 radical (unpaired) electrons. The average molecular weight is 423 g/mol. The lowest BCUT2D eigenvalue weighted by Gasteiger charge is -2.21. The molecule has 120 valence electrons. The molecule has 0 heterocycles. The van der Waals surface area contributed by atoms with Gasteiger partial charge in [0.05, 0.1) is 21.2 Å². The zero-order valence-electron chi connectivity index (χ0n) is 13.4. The zero-order valence-corrected chi connectivity index (χ0v) is 16.6. The van der Waals surface area contributed by atoms with E-state index in [1.165, 1.54) is 5.56 Å². The Labute approximate surface area is 144 Å². The highest BCUT2D eigenvalue weighted by Crippen LogP contribution is 2.35. The van der Waals surface area contributed by atoms with E-state index in [1.54, 1.807) is 13.8 Å². The van der Waals surface area contributed by atoms with E-state index < -0.39 is 5.60 Å². The van der Waals surface area contributed by atoms with E-state index in [0.29, 0.717) is 13.0 Å². The molecule has 0 aliphatic carbocycles. The smallest absolute Gasteiger partial charge is 0.147 e. The second-order valence-electron chi connectivity index (χ2n) is 6.90. The van der Waals surface area contributed by atoms with Crippen LogP contribution in [0.4, 0.5) is 0 Å². The van der Waals surface area contributed by atoms with Gasteiger partial charge in [-0.05, 0) is 84.2 Å². The highest BCUT2D eigenvalue weighted by molar-refractivity contribution is 9.11. The van der Waals surface area contributed by atoms with Crippen molar-refractivity contribution in [2.45, 2.75) is 58.7 Å². The number of rotatable bonds is 6. The molecule has 1 rings (SSSR count). The van der Waals surface area contributed by atoms with Gasteiger partial charge in [0.25, 0.3) is 0 Å². The minimum Gasteiger partial charge on any atom is -0.491 e. The number of ether oxygens (including phenoxy) is 1. The summed E-state index contributed by atoms with van der Waals surface area (Å²) in [5.41, 5.74) is 0.551. The fourth-order valence-electron chi connectivity index (χ4n) is 1.62. The molecule has 0 spiro atoms. The van der Waals surface area contributed by atoms with E-state index in [4.69, 9.17) is 4.74 Å². The van der Waals surface area contributed by atoms with Crippen LogP contribution >= 0.6 is 31.9 Å². The van der Waals surface area contributed by atoms with Gasteiger partial charge in [-0.15, -0.1) is 0 Å². The molecule has 0 fully saturated rings. The molecule has 0 saturated heterocycles. The van der Waals surface area contributed by atoms with Crippen molar-refractivity contribution in [3.05, 3.63) is 26.6 Å². The highest BCUT2D eigenvalue weighted by atomic mass is 79.9. The van der Waals surface area contributed by atoms with Crippen LogP contribution in [0.25, 0.3) is 0 Å². The van der Waals surface area contributed by atoms with Crippen LogP contribution in [0.15, 0.2) is 21.1 Å². The van der Waals surface area contributed by atoms with E-state index in [0.717, 1.165) is 21.2 Å². The van der Waals surface area contributed by atoms with E-state index in [1.807, 2.05) is 0 Å². The first-order valence-electron chi connectivity index (χ1n) is 7.06. The van der Waals surface area contributed by atoms with Crippen molar-refractivity contribution in [3.63, 3.8) is 0 Å². The second kappa shape index (κ2) is 7.44. The molecule has 0 saturated carbocycles. The molecule has 1 aromatic rings. The van der Waals surface area contributed by atoms with Crippen LogP contribution in [0, 0.1) is 0 Å². The summed E-state index contributed by atoms with van der Waals surface area (Å²) < 4.78 is 7.60. The normalized spacial score (nSPS) is 12.6. The second-order valence-corrected chi connectivity index (χ2v) is 8.61. The molecule has 21 heavy (non-hydrogen) atoms. The minimum atomic E-state index is -0.713. The van der Waals surface area contributed by atoms with E-state index in [9.17, 15) is 5.11 Å². The lowest BCUT2D eigenvalue weighted by atomic mass is 10.1. The molecule has 2 N–H and O–H groups in total. The van der Waals surface area contributed by atoms with E-state index in [2.05, 4.69) is 70.1 Å². The Bertz CT molecular complexity index is 453. The molecule has 1 aromatic carbocycles. The van der Waals surface area contributed by atoms with Crippen LogP contribution < -0.4 is 10.1 Å². The number of aliphatic hydroxyl groups is 1. The van der Waals surface area contributed by atoms with Crippen LogP contribution in [-0.2, 0) is 6.54 Å². The SMILES string of the molecule is CC(C)(O)CCOc1c(Br)cc(CNC(C)(C)C)cc1Br. The maximum atomic E-state index is 9.71. The van der Waals surface area contributed by atoms with Crippen molar-refractivity contribution < 1.29 is 9.84 Å². The lowest BCUT2D eigenvalue weighted by Crippen LogP contribution is -2.35. The molecule has 5 heteroatoms. The summed E-state index contributed by atoms with van der Waals surface area (Å²) in [5.74, 6) is 0.777. The Morgan fingerprint density at radius 1 is 1.10 bits per heavy atom. The number of halogens is 2. The van der Waals surface area contributed by atoms with Crippen molar-refractivity contribution in [1.29, 1.82) is 0 Å². The molecule has 0 aliphatic rings. The van der Waals surface area contributed by atoms with Crippen molar-refractivity contribution in [2.75, 3.05) is 6.61 Å². The maximum absolute atomic E-state index is 9.71. The molecule has 0 amide bonds. The average Bonchev–Trinajstić information content (AvgIpc) is 2.28. The quantitative estimate of drug-likeness (QED) is 0.701. The molecule has 0 bridgehead atoms. The van der Waals surface area contributed by atoms with Crippen LogP contribution in [0.3, 0.4) is 0 Å². The van der Waals surface area contributed by atoms with Crippen molar-refractivity contribution in [1.82, 2.24) is 5.32 Å². The largest absolute Gasteiger partial charge is 0.491 e. The number of hydrogen-bond donors (Lipinski definition) is 2. The summed E-state index contributed by atoms with van der Waals surface area (Å²) in [6.45, 7) is 11.3. The molecule has 3 nitrogen and oxygen atoms in total. The lowest BCUT2D eigenvalue weighted by molar-refractivity contribution is 0.0551.